The van der Waals surface area contributed by atoms with Crippen molar-refractivity contribution in [2.45, 2.75) is 0 Å². The van der Waals surface area contributed by atoms with Crippen molar-refractivity contribution in [1.82, 2.24) is 15.0 Å². The second-order valence-electron chi connectivity index (χ2n) is 3.83. The monoisotopic (exact) mass is 245 g/mol. The minimum atomic E-state index is -0.182. The standard InChI is InChI=1S/C12H11N3O3/c1-17-8-3-6-7(4-9(8)18-2)15-11-10(6)12(16)14-5-13-11/h3-5H,1-2H3,(H2,13,14,15,16). The molecule has 0 amide bonds. The number of fused-ring (bicyclic) bond motifs is 3. The van der Waals surface area contributed by atoms with Crippen LogP contribution in [-0.2, 0) is 0 Å². The zero-order valence-electron chi connectivity index (χ0n) is 9.90. The summed E-state index contributed by atoms with van der Waals surface area (Å²) >= 11 is 0. The van der Waals surface area contributed by atoms with Crippen LogP contribution in [0.2, 0.25) is 0 Å². The van der Waals surface area contributed by atoms with E-state index >= 15 is 0 Å². The van der Waals surface area contributed by atoms with Crippen molar-refractivity contribution >= 4 is 21.9 Å². The van der Waals surface area contributed by atoms with Crippen LogP contribution in [0.25, 0.3) is 21.9 Å². The number of aromatic nitrogens is 3. The van der Waals surface area contributed by atoms with Crippen LogP contribution in [0, 0.1) is 0 Å². The van der Waals surface area contributed by atoms with Crippen LogP contribution < -0.4 is 15.0 Å². The molecule has 2 aromatic heterocycles. The summed E-state index contributed by atoms with van der Waals surface area (Å²) < 4.78 is 10.5. The SMILES string of the molecule is COc1cc2[nH]c3nc[nH]c(=O)c3c2cc1OC. The van der Waals surface area contributed by atoms with Crippen molar-refractivity contribution in [1.29, 1.82) is 0 Å². The number of H-pyrrole nitrogens is 2. The van der Waals surface area contributed by atoms with Gasteiger partial charge >= 0.3 is 0 Å². The number of hydrogen-bond acceptors (Lipinski definition) is 4. The minimum Gasteiger partial charge on any atom is -0.493 e. The van der Waals surface area contributed by atoms with Crippen molar-refractivity contribution in [3.8, 4) is 11.5 Å². The number of nitrogens with zero attached hydrogens (tertiary/aromatic N) is 1. The molecule has 0 aliphatic rings. The van der Waals surface area contributed by atoms with E-state index < -0.39 is 0 Å². The van der Waals surface area contributed by atoms with E-state index in [-0.39, 0.29) is 5.56 Å². The molecule has 92 valence electrons. The van der Waals surface area contributed by atoms with Crippen molar-refractivity contribution in [3.05, 3.63) is 28.8 Å². The fourth-order valence-corrected chi connectivity index (χ4v) is 2.06. The van der Waals surface area contributed by atoms with Crippen LogP contribution in [0.3, 0.4) is 0 Å². The van der Waals surface area contributed by atoms with Crippen LogP contribution >= 0.6 is 0 Å². The average Bonchev–Trinajstić information content (AvgIpc) is 2.75. The first kappa shape index (κ1) is 10.6. The minimum absolute atomic E-state index is 0.182. The molecule has 0 unspecified atom stereocenters. The van der Waals surface area contributed by atoms with Crippen molar-refractivity contribution in [3.63, 3.8) is 0 Å². The Kier molecular flexibility index (Phi) is 2.22. The van der Waals surface area contributed by atoms with E-state index in [9.17, 15) is 4.79 Å². The largest absolute Gasteiger partial charge is 0.493 e. The highest BCUT2D eigenvalue weighted by Gasteiger charge is 2.13. The fraction of sp³-hybridized carbons (Fsp3) is 0.167. The summed E-state index contributed by atoms with van der Waals surface area (Å²) in [6.07, 6.45) is 1.37. The molecule has 0 saturated carbocycles. The maximum Gasteiger partial charge on any atom is 0.260 e. The average molecular weight is 245 g/mol. The van der Waals surface area contributed by atoms with Crippen molar-refractivity contribution in [2.75, 3.05) is 14.2 Å². The Bertz CT molecular complexity index is 788. The van der Waals surface area contributed by atoms with E-state index in [1.807, 2.05) is 0 Å². The summed E-state index contributed by atoms with van der Waals surface area (Å²) in [5.74, 6) is 1.18. The Morgan fingerprint density at radius 3 is 2.61 bits per heavy atom. The molecule has 6 nitrogen and oxygen atoms in total. The van der Waals surface area contributed by atoms with Gasteiger partial charge in [-0.15, -0.1) is 0 Å². The number of hydrogen-bond donors (Lipinski definition) is 2. The van der Waals surface area contributed by atoms with Crippen molar-refractivity contribution in [2.24, 2.45) is 0 Å². The molecule has 2 N–H and O–H groups in total. The van der Waals surface area contributed by atoms with Crippen molar-refractivity contribution < 1.29 is 9.47 Å². The van der Waals surface area contributed by atoms with Crippen LogP contribution in [0.5, 0.6) is 11.5 Å². The number of benzene rings is 1. The summed E-state index contributed by atoms with van der Waals surface area (Å²) in [5, 5.41) is 1.28. The lowest BCUT2D eigenvalue weighted by molar-refractivity contribution is 0.356. The first-order valence-corrected chi connectivity index (χ1v) is 5.35. The first-order chi connectivity index (χ1) is 8.74. The molecule has 0 spiro atoms. The van der Waals surface area contributed by atoms with Gasteiger partial charge < -0.3 is 19.4 Å². The summed E-state index contributed by atoms with van der Waals surface area (Å²) in [7, 11) is 3.12. The van der Waals surface area contributed by atoms with E-state index in [2.05, 4.69) is 15.0 Å². The molecule has 0 radical (unpaired) electrons. The van der Waals surface area contributed by atoms with Crippen LogP contribution in [0.4, 0.5) is 0 Å². The third-order valence-corrected chi connectivity index (χ3v) is 2.90. The van der Waals surface area contributed by atoms with Gasteiger partial charge in [-0.2, -0.15) is 0 Å². The maximum absolute atomic E-state index is 11.8. The third kappa shape index (κ3) is 1.35. The van der Waals surface area contributed by atoms with Gasteiger partial charge in [-0.05, 0) is 6.07 Å². The maximum atomic E-state index is 11.8. The zero-order chi connectivity index (χ0) is 12.7. The lowest BCUT2D eigenvalue weighted by Gasteiger charge is -2.06. The quantitative estimate of drug-likeness (QED) is 0.715. The topological polar surface area (TPSA) is 80.0 Å². The molecule has 3 rings (SSSR count). The van der Waals surface area contributed by atoms with Gasteiger partial charge in [-0.25, -0.2) is 4.98 Å². The predicted octanol–water partition coefficient (Wildman–Crippen LogP) is 1.42. The van der Waals surface area contributed by atoms with E-state index in [1.165, 1.54) is 6.33 Å². The smallest absolute Gasteiger partial charge is 0.260 e. The molecular weight excluding hydrogens is 234 g/mol. The van der Waals surface area contributed by atoms with E-state index in [1.54, 1.807) is 26.4 Å². The fourth-order valence-electron chi connectivity index (χ4n) is 2.06. The highest BCUT2D eigenvalue weighted by atomic mass is 16.5. The van der Waals surface area contributed by atoms with E-state index in [0.717, 1.165) is 10.9 Å². The summed E-state index contributed by atoms with van der Waals surface area (Å²) in [4.78, 5) is 21.6. The molecule has 6 heteroatoms. The lowest BCUT2D eigenvalue weighted by atomic mass is 10.2. The van der Waals surface area contributed by atoms with E-state index in [0.29, 0.717) is 22.5 Å². The number of methoxy groups -OCH3 is 2. The van der Waals surface area contributed by atoms with Gasteiger partial charge in [-0.3, -0.25) is 4.79 Å². The summed E-state index contributed by atoms with van der Waals surface area (Å²) in [6, 6.07) is 3.55. The molecule has 3 aromatic rings. The van der Waals surface area contributed by atoms with Gasteiger partial charge in [-0.1, -0.05) is 0 Å². The van der Waals surface area contributed by atoms with Crippen LogP contribution in [-0.4, -0.2) is 29.2 Å². The number of rotatable bonds is 2. The normalized spacial score (nSPS) is 11.0. The van der Waals surface area contributed by atoms with Gasteiger partial charge in [0.2, 0.25) is 0 Å². The van der Waals surface area contributed by atoms with Gasteiger partial charge in [0.25, 0.3) is 5.56 Å². The second-order valence-corrected chi connectivity index (χ2v) is 3.83. The predicted molar refractivity (Wildman–Crippen MR) is 67.3 cm³/mol. The highest BCUT2D eigenvalue weighted by Crippen LogP contribution is 2.33. The Labute approximate surface area is 102 Å². The zero-order valence-corrected chi connectivity index (χ0v) is 9.90. The van der Waals surface area contributed by atoms with Gasteiger partial charge in [0, 0.05) is 11.5 Å². The first-order valence-electron chi connectivity index (χ1n) is 5.35. The molecule has 0 fully saturated rings. The summed E-state index contributed by atoms with van der Waals surface area (Å²) in [6.45, 7) is 0. The molecular formula is C12H11N3O3. The van der Waals surface area contributed by atoms with Crippen LogP contribution in [0.1, 0.15) is 0 Å². The number of aromatic amines is 2. The Morgan fingerprint density at radius 1 is 1.17 bits per heavy atom. The molecule has 0 atom stereocenters. The summed E-state index contributed by atoms with van der Waals surface area (Å²) in [5.41, 5.74) is 1.15. The van der Waals surface area contributed by atoms with Gasteiger partial charge in [0.1, 0.15) is 5.65 Å². The Balaban J connectivity index is 2.49. The Morgan fingerprint density at radius 2 is 1.89 bits per heavy atom. The lowest BCUT2D eigenvalue weighted by Crippen LogP contribution is -2.04. The van der Waals surface area contributed by atoms with Crippen LogP contribution in [0.15, 0.2) is 23.3 Å². The van der Waals surface area contributed by atoms with Gasteiger partial charge in [0.05, 0.1) is 31.4 Å². The molecule has 1 aromatic carbocycles. The highest BCUT2D eigenvalue weighted by molar-refractivity contribution is 6.06. The molecule has 0 saturated heterocycles. The molecule has 0 aliphatic carbocycles. The third-order valence-electron chi connectivity index (χ3n) is 2.90. The van der Waals surface area contributed by atoms with Gasteiger partial charge in [0.15, 0.2) is 11.5 Å². The molecule has 0 bridgehead atoms. The molecule has 2 heterocycles. The number of nitrogens with one attached hydrogen (secondary N) is 2. The molecule has 18 heavy (non-hydrogen) atoms. The number of ether oxygens (including phenoxy) is 2. The van der Waals surface area contributed by atoms with E-state index in [4.69, 9.17) is 9.47 Å². The molecule has 0 aliphatic heterocycles. The Hall–Kier alpha value is -2.50. The second kappa shape index (κ2) is 3.76.